The van der Waals surface area contributed by atoms with Crippen LogP contribution in [0.3, 0.4) is 0 Å². The summed E-state index contributed by atoms with van der Waals surface area (Å²) in [5.74, 6) is -1.33. The van der Waals surface area contributed by atoms with Gasteiger partial charge >= 0.3 is 5.97 Å². The second-order valence-electron chi connectivity index (χ2n) is 1.55. The van der Waals surface area contributed by atoms with E-state index < -0.39 is 11.7 Å². The number of nitrogens with zero attached hydrogens (tertiary/aromatic N) is 3. The summed E-state index contributed by atoms with van der Waals surface area (Å²) in [6.07, 6.45) is 1.22. The van der Waals surface area contributed by atoms with Gasteiger partial charge in [0.1, 0.15) is 5.69 Å². The average molecular weight is 173 g/mol. The molecule has 0 aliphatic carbocycles. The summed E-state index contributed by atoms with van der Waals surface area (Å²) in [5, 5.41) is 19.2. The summed E-state index contributed by atoms with van der Waals surface area (Å²) in [4.78, 5) is 10.3. The molecule has 1 rings (SSSR count). The van der Waals surface area contributed by atoms with Gasteiger partial charge in [0.2, 0.25) is 5.71 Å². The molecule has 58 valence electrons. The third kappa shape index (κ3) is 1.49. The van der Waals surface area contributed by atoms with E-state index in [-0.39, 0.29) is 5.69 Å². The molecular weight excluding hydrogens is 170 g/mol. The lowest BCUT2D eigenvalue weighted by Gasteiger charge is -1.89. The molecule has 6 nitrogen and oxygen atoms in total. The minimum atomic E-state index is -1.33. The minimum absolute atomic E-state index is 0.0602. The first-order valence-corrected chi connectivity index (χ1v) is 3.22. The predicted molar refractivity (Wildman–Crippen MR) is 35.9 cm³/mol. The number of hydrogen-bond acceptors (Lipinski definition) is 6. The van der Waals surface area contributed by atoms with Crippen LogP contribution in [0.4, 0.5) is 0 Å². The molecule has 11 heavy (non-hydrogen) atoms. The van der Waals surface area contributed by atoms with Crippen LogP contribution < -0.4 is 0 Å². The average Bonchev–Trinajstić information content (AvgIpc) is 2.40. The first-order valence-electron chi connectivity index (χ1n) is 2.49. The van der Waals surface area contributed by atoms with Crippen molar-refractivity contribution in [1.82, 2.24) is 8.75 Å². The van der Waals surface area contributed by atoms with Crippen molar-refractivity contribution in [3.8, 4) is 0 Å². The lowest BCUT2D eigenvalue weighted by molar-refractivity contribution is -0.129. The summed E-state index contributed by atoms with van der Waals surface area (Å²) in [7, 11) is 0. The van der Waals surface area contributed by atoms with Crippen LogP contribution in [0.1, 0.15) is 5.69 Å². The van der Waals surface area contributed by atoms with E-state index in [9.17, 15) is 4.79 Å². The Hall–Kier alpha value is -1.50. The maximum absolute atomic E-state index is 10.3. The van der Waals surface area contributed by atoms with E-state index in [1.807, 2.05) is 0 Å². The van der Waals surface area contributed by atoms with Crippen molar-refractivity contribution in [1.29, 1.82) is 0 Å². The molecule has 1 aromatic rings. The van der Waals surface area contributed by atoms with Gasteiger partial charge in [-0.25, -0.2) is 4.79 Å². The smallest absolute Gasteiger partial charge is 0.360 e. The van der Waals surface area contributed by atoms with Crippen molar-refractivity contribution in [2.24, 2.45) is 5.16 Å². The molecule has 0 amide bonds. The summed E-state index contributed by atoms with van der Waals surface area (Å²) < 4.78 is 7.12. The Morgan fingerprint density at radius 3 is 2.82 bits per heavy atom. The first kappa shape index (κ1) is 7.61. The van der Waals surface area contributed by atoms with E-state index in [4.69, 9.17) is 10.3 Å². The third-order valence-corrected chi connectivity index (χ3v) is 1.38. The van der Waals surface area contributed by atoms with Gasteiger partial charge in [-0.3, -0.25) is 0 Å². The fourth-order valence-corrected chi connectivity index (χ4v) is 0.888. The topological polar surface area (TPSA) is 95.7 Å². The number of carbonyl (C=O) groups is 1. The van der Waals surface area contributed by atoms with Crippen molar-refractivity contribution in [2.75, 3.05) is 0 Å². The number of oxime groups is 1. The highest BCUT2D eigenvalue weighted by molar-refractivity contribution is 6.99. The Labute approximate surface area is 65.1 Å². The van der Waals surface area contributed by atoms with Crippen molar-refractivity contribution in [3.05, 3.63) is 11.9 Å². The first-order chi connectivity index (χ1) is 5.25. The van der Waals surface area contributed by atoms with Crippen molar-refractivity contribution < 1.29 is 15.1 Å². The highest BCUT2D eigenvalue weighted by atomic mass is 32.1. The number of hydrogen-bond donors (Lipinski definition) is 2. The number of aliphatic carboxylic acids is 1. The van der Waals surface area contributed by atoms with Crippen LogP contribution in [0.15, 0.2) is 11.4 Å². The lowest BCUT2D eigenvalue weighted by atomic mass is 10.3. The monoisotopic (exact) mass is 173 g/mol. The molecule has 1 heterocycles. The fraction of sp³-hybridized carbons (Fsp3) is 0. The van der Waals surface area contributed by atoms with Gasteiger partial charge in [-0.2, -0.15) is 8.75 Å². The van der Waals surface area contributed by atoms with Gasteiger partial charge in [0.05, 0.1) is 17.9 Å². The van der Waals surface area contributed by atoms with Gasteiger partial charge in [0, 0.05) is 0 Å². The van der Waals surface area contributed by atoms with Gasteiger partial charge in [-0.1, -0.05) is 5.16 Å². The molecule has 7 heteroatoms. The Bertz CT molecular complexity index is 281. The van der Waals surface area contributed by atoms with E-state index in [1.165, 1.54) is 6.20 Å². The molecule has 0 atom stereocenters. The van der Waals surface area contributed by atoms with Crippen LogP contribution in [-0.4, -0.2) is 30.7 Å². The van der Waals surface area contributed by atoms with Crippen molar-refractivity contribution >= 4 is 23.4 Å². The van der Waals surface area contributed by atoms with Crippen LogP contribution in [0.5, 0.6) is 0 Å². The zero-order chi connectivity index (χ0) is 8.27. The standard InChI is InChI=1S/C4H3N3O3S/c8-4(9)3(6-10)2-1-5-11-7-2/h1,10H,(H,8,9)/b6-3+. The largest absolute Gasteiger partial charge is 0.476 e. The van der Waals surface area contributed by atoms with Crippen LogP contribution in [0.2, 0.25) is 0 Å². The van der Waals surface area contributed by atoms with Crippen LogP contribution >= 0.6 is 11.7 Å². The van der Waals surface area contributed by atoms with E-state index in [2.05, 4.69) is 13.9 Å². The normalized spacial score (nSPS) is 11.5. The van der Waals surface area contributed by atoms with Gasteiger partial charge in [0.25, 0.3) is 0 Å². The molecule has 0 aromatic carbocycles. The van der Waals surface area contributed by atoms with E-state index in [0.717, 1.165) is 11.7 Å². The number of carboxylic acid groups (broad SMARTS) is 1. The second-order valence-corrected chi connectivity index (χ2v) is 2.10. The van der Waals surface area contributed by atoms with Crippen LogP contribution in [0.25, 0.3) is 0 Å². The zero-order valence-electron chi connectivity index (χ0n) is 5.13. The molecule has 1 aromatic heterocycles. The lowest BCUT2D eigenvalue weighted by Crippen LogP contribution is -2.14. The zero-order valence-corrected chi connectivity index (χ0v) is 5.95. The number of carboxylic acids is 1. The summed E-state index contributed by atoms with van der Waals surface area (Å²) >= 11 is 0.845. The summed E-state index contributed by atoms with van der Waals surface area (Å²) in [6.45, 7) is 0. The highest BCUT2D eigenvalue weighted by Gasteiger charge is 2.15. The predicted octanol–water partition coefficient (Wildman–Crippen LogP) is -0.199. The van der Waals surface area contributed by atoms with Crippen molar-refractivity contribution in [2.45, 2.75) is 0 Å². The molecular formula is C4H3N3O3S. The Kier molecular flexibility index (Phi) is 2.12. The number of rotatable bonds is 2. The molecule has 2 N–H and O–H groups in total. The fourth-order valence-electron chi connectivity index (χ4n) is 0.473. The van der Waals surface area contributed by atoms with Crippen LogP contribution in [-0.2, 0) is 4.79 Å². The second kappa shape index (κ2) is 3.06. The maximum Gasteiger partial charge on any atom is 0.360 e. The quantitative estimate of drug-likeness (QED) is 0.367. The van der Waals surface area contributed by atoms with Gasteiger partial charge in [0.15, 0.2) is 0 Å². The highest BCUT2D eigenvalue weighted by Crippen LogP contribution is 1.97. The van der Waals surface area contributed by atoms with E-state index in [1.54, 1.807) is 0 Å². The Morgan fingerprint density at radius 2 is 2.45 bits per heavy atom. The molecule has 0 saturated carbocycles. The SMILES string of the molecule is O=C(O)/C(=N/O)c1cnsn1. The maximum atomic E-state index is 10.3. The molecule has 0 radical (unpaired) electrons. The molecule has 0 bridgehead atoms. The number of aromatic nitrogens is 2. The molecule has 0 aliphatic rings. The Balaban J connectivity index is 2.99. The molecule has 0 unspecified atom stereocenters. The summed E-state index contributed by atoms with van der Waals surface area (Å²) in [6, 6.07) is 0. The Morgan fingerprint density at radius 1 is 1.73 bits per heavy atom. The van der Waals surface area contributed by atoms with E-state index >= 15 is 0 Å². The van der Waals surface area contributed by atoms with Crippen LogP contribution in [0, 0.1) is 0 Å². The molecule has 0 spiro atoms. The van der Waals surface area contributed by atoms with Gasteiger partial charge < -0.3 is 10.3 Å². The third-order valence-electron chi connectivity index (χ3n) is 0.906. The van der Waals surface area contributed by atoms with Gasteiger partial charge in [-0.15, -0.1) is 0 Å². The molecule has 0 aliphatic heterocycles. The molecule has 0 fully saturated rings. The van der Waals surface area contributed by atoms with Crippen molar-refractivity contribution in [3.63, 3.8) is 0 Å². The van der Waals surface area contributed by atoms with E-state index in [0.29, 0.717) is 0 Å². The molecule has 0 saturated heterocycles. The minimum Gasteiger partial charge on any atom is -0.476 e. The van der Waals surface area contributed by atoms with Gasteiger partial charge in [-0.05, 0) is 0 Å². The summed E-state index contributed by atoms with van der Waals surface area (Å²) in [5.41, 5.74) is -0.441.